The third-order valence-corrected chi connectivity index (χ3v) is 6.59. The highest BCUT2D eigenvalue weighted by Crippen LogP contribution is 2.35. The average molecular weight is 517 g/mol. The second kappa shape index (κ2) is 12.8. The van der Waals surface area contributed by atoms with Crippen LogP contribution in [0.3, 0.4) is 0 Å². The molecule has 4 rings (SSSR count). The molecule has 0 saturated heterocycles. The predicted octanol–water partition coefficient (Wildman–Crippen LogP) is 6.33. The molecule has 1 atom stereocenters. The molecule has 1 aliphatic heterocycles. The first-order valence-corrected chi connectivity index (χ1v) is 13.5. The van der Waals surface area contributed by atoms with Gasteiger partial charge in [-0.05, 0) is 57.4 Å². The maximum absolute atomic E-state index is 12.5. The average Bonchev–Trinajstić information content (AvgIpc) is 2.91. The molecule has 6 heteroatoms. The number of fused-ring (bicyclic) bond motifs is 1. The van der Waals surface area contributed by atoms with Crippen molar-refractivity contribution in [3.63, 3.8) is 0 Å². The minimum absolute atomic E-state index is 0.196. The van der Waals surface area contributed by atoms with Crippen LogP contribution < -0.4 is 9.47 Å². The Kier molecular flexibility index (Phi) is 9.29. The van der Waals surface area contributed by atoms with Crippen molar-refractivity contribution in [3.8, 4) is 11.5 Å². The van der Waals surface area contributed by atoms with E-state index in [1.807, 2.05) is 45.9 Å². The van der Waals surface area contributed by atoms with Crippen LogP contribution >= 0.6 is 0 Å². The number of hydrogen-bond donors (Lipinski definition) is 0. The molecular formula is C32H40N2O4. The first-order chi connectivity index (χ1) is 18.3. The third kappa shape index (κ3) is 7.75. The van der Waals surface area contributed by atoms with Crippen LogP contribution in [-0.2, 0) is 24.2 Å². The molecule has 6 nitrogen and oxygen atoms in total. The molecule has 0 fully saturated rings. The van der Waals surface area contributed by atoms with E-state index in [0.29, 0.717) is 26.3 Å². The zero-order valence-corrected chi connectivity index (χ0v) is 23.1. The summed E-state index contributed by atoms with van der Waals surface area (Å²) in [6, 6.07) is 27.3. The topological polar surface area (TPSA) is 51.2 Å². The van der Waals surface area contributed by atoms with Gasteiger partial charge in [-0.1, -0.05) is 66.7 Å². The van der Waals surface area contributed by atoms with Crippen LogP contribution in [0.5, 0.6) is 11.5 Å². The smallest absolute Gasteiger partial charge is 0.410 e. The third-order valence-electron chi connectivity index (χ3n) is 6.59. The molecule has 3 aromatic carbocycles. The van der Waals surface area contributed by atoms with Crippen molar-refractivity contribution in [1.82, 2.24) is 9.80 Å². The second-order valence-corrected chi connectivity index (χ2v) is 10.7. The summed E-state index contributed by atoms with van der Waals surface area (Å²) < 4.78 is 18.0. The van der Waals surface area contributed by atoms with E-state index in [9.17, 15) is 4.79 Å². The summed E-state index contributed by atoms with van der Waals surface area (Å²) in [6.45, 7) is 11.3. The van der Waals surface area contributed by atoms with E-state index in [1.165, 1.54) is 11.1 Å². The monoisotopic (exact) mass is 516 g/mol. The summed E-state index contributed by atoms with van der Waals surface area (Å²) in [4.78, 5) is 16.7. The highest BCUT2D eigenvalue weighted by Gasteiger charge is 2.28. The molecule has 0 N–H and O–H groups in total. The van der Waals surface area contributed by atoms with Crippen molar-refractivity contribution in [1.29, 1.82) is 0 Å². The number of nitrogens with zero attached hydrogens (tertiary/aromatic N) is 2. The molecule has 0 spiro atoms. The Balaban J connectivity index is 1.46. The first-order valence-electron chi connectivity index (χ1n) is 13.5. The number of hydrogen-bond acceptors (Lipinski definition) is 5. The predicted molar refractivity (Wildman–Crippen MR) is 151 cm³/mol. The molecule has 38 heavy (non-hydrogen) atoms. The van der Waals surface area contributed by atoms with Crippen LogP contribution in [0.2, 0.25) is 0 Å². The molecular weight excluding hydrogens is 476 g/mol. The zero-order valence-electron chi connectivity index (χ0n) is 23.1. The lowest BCUT2D eigenvalue weighted by molar-refractivity contribution is 0.0236. The van der Waals surface area contributed by atoms with Gasteiger partial charge in [0.2, 0.25) is 0 Å². The fraction of sp³-hybridized carbons (Fsp3) is 0.406. The second-order valence-electron chi connectivity index (χ2n) is 10.7. The van der Waals surface area contributed by atoms with Crippen molar-refractivity contribution in [2.45, 2.75) is 58.8 Å². The lowest BCUT2D eigenvalue weighted by Crippen LogP contribution is -2.42. The maximum atomic E-state index is 12.5. The fourth-order valence-corrected chi connectivity index (χ4v) is 4.65. The Bertz CT molecular complexity index is 1120. The maximum Gasteiger partial charge on any atom is 0.410 e. The Morgan fingerprint density at radius 2 is 1.55 bits per heavy atom. The van der Waals surface area contributed by atoms with E-state index in [0.717, 1.165) is 36.6 Å². The Morgan fingerprint density at radius 1 is 0.921 bits per heavy atom. The van der Waals surface area contributed by atoms with Crippen LogP contribution in [-0.4, -0.2) is 53.8 Å². The van der Waals surface area contributed by atoms with E-state index >= 15 is 0 Å². The Morgan fingerprint density at radius 3 is 2.13 bits per heavy atom. The minimum Gasteiger partial charge on any atom is -0.492 e. The Hall–Kier alpha value is -3.51. The van der Waals surface area contributed by atoms with Gasteiger partial charge in [0.05, 0.1) is 6.54 Å². The number of ether oxygens (including phenoxy) is 3. The summed E-state index contributed by atoms with van der Waals surface area (Å²) in [7, 11) is 0. The molecule has 1 amide bonds. The van der Waals surface area contributed by atoms with Gasteiger partial charge in [-0.2, -0.15) is 0 Å². The molecule has 202 valence electrons. The van der Waals surface area contributed by atoms with E-state index in [-0.39, 0.29) is 12.1 Å². The number of carbonyl (C=O) groups excluding carboxylic acids is 1. The fourth-order valence-electron chi connectivity index (χ4n) is 4.65. The normalized spacial score (nSPS) is 14.9. The molecule has 0 radical (unpaired) electrons. The summed E-state index contributed by atoms with van der Waals surface area (Å²) in [5.41, 5.74) is 3.11. The summed E-state index contributed by atoms with van der Waals surface area (Å²) in [6.07, 6.45) is 0.508. The number of amides is 1. The van der Waals surface area contributed by atoms with Crippen molar-refractivity contribution >= 4 is 6.09 Å². The van der Waals surface area contributed by atoms with Crippen molar-refractivity contribution in [2.75, 3.05) is 26.3 Å². The SMILES string of the molecule is CCN(CCOc1cccc2c1C[C@H](N(Cc1ccccc1)Cc1ccccc1)CO2)C(=O)OC(C)(C)C. The van der Waals surface area contributed by atoms with Gasteiger partial charge >= 0.3 is 6.09 Å². The van der Waals surface area contributed by atoms with Gasteiger partial charge in [0.1, 0.15) is 30.3 Å². The first kappa shape index (κ1) is 27.5. The van der Waals surface area contributed by atoms with Crippen LogP contribution in [0, 0.1) is 0 Å². The summed E-state index contributed by atoms with van der Waals surface area (Å²) in [5, 5.41) is 0. The molecule has 0 unspecified atom stereocenters. The number of rotatable bonds is 10. The quantitative estimate of drug-likeness (QED) is 0.315. The molecule has 3 aromatic rings. The minimum atomic E-state index is -0.526. The summed E-state index contributed by atoms with van der Waals surface area (Å²) >= 11 is 0. The number of likely N-dealkylation sites (N-methyl/N-ethyl adjacent to an activating group) is 1. The van der Waals surface area contributed by atoms with Gasteiger partial charge in [0.15, 0.2) is 0 Å². The van der Waals surface area contributed by atoms with Crippen LogP contribution in [0.25, 0.3) is 0 Å². The van der Waals surface area contributed by atoms with E-state index in [1.54, 1.807) is 4.90 Å². The van der Waals surface area contributed by atoms with Crippen molar-refractivity contribution in [3.05, 3.63) is 95.6 Å². The largest absolute Gasteiger partial charge is 0.492 e. The van der Waals surface area contributed by atoms with E-state index in [4.69, 9.17) is 14.2 Å². The van der Waals surface area contributed by atoms with E-state index in [2.05, 4.69) is 65.6 Å². The number of carbonyl (C=O) groups is 1. The molecule has 0 aromatic heterocycles. The molecule has 0 bridgehead atoms. The zero-order chi connectivity index (χ0) is 27.0. The van der Waals surface area contributed by atoms with Gasteiger partial charge in [-0.25, -0.2) is 4.79 Å². The van der Waals surface area contributed by atoms with Gasteiger partial charge < -0.3 is 19.1 Å². The van der Waals surface area contributed by atoms with Gasteiger partial charge in [0.25, 0.3) is 0 Å². The van der Waals surface area contributed by atoms with E-state index < -0.39 is 5.60 Å². The van der Waals surface area contributed by atoms with Crippen LogP contribution in [0.15, 0.2) is 78.9 Å². The number of benzene rings is 3. The molecule has 0 aliphatic carbocycles. The molecule has 1 heterocycles. The molecule has 0 saturated carbocycles. The highest BCUT2D eigenvalue weighted by molar-refractivity contribution is 5.68. The lowest BCUT2D eigenvalue weighted by Gasteiger charge is -2.36. The van der Waals surface area contributed by atoms with Gasteiger partial charge in [-0.15, -0.1) is 0 Å². The lowest BCUT2D eigenvalue weighted by atomic mass is 9.99. The van der Waals surface area contributed by atoms with Gasteiger partial charge in [0, 0.05) is 31.2 Å². The Labute approximate surface area is 227 Å². The van der Waals surface area contributed by atoms with Gasteiger partial charge in [-0.3, -0.25) is 4.90 Å². The molecule has 1 aliphatic rings. The van der Waals surface area contributed by atoms with Crippen molar-refractivity contribution < 1.29 is 19.0 Å². The van der Waals surface area contributed by atoms with Crippen LogP contribution in [0.1, 0.15) is 44.4 Å². The van der Waals surface area contributed by atoms with Crippen LogP contribution in [0.4, 0.5) is 4.79 Å². The standard InChI is InChI=1S/C32H40N2O4/c1-5-33(31(35)38-32(2,3)4)19-20-36-29-17-12-18-30-28(29)21-27(24-37-30)34(22-25-13-8-6-9-14-25)23-26-15-10-7-11-16-26/h6-18,27H,5,19-24H2,1-4H3/t27-/m0/s1. The highest BCUT2D eigenvalue weighted by atomic mass is 16.6. The van der Waals surface area contributed by atoms with Crippen molar-refractivity contribution in [2.24, 2.45) is 0 Å². The summed E-state index contributed by atoms with van der Waals surface area (Å²) in [5.74, 6) is 1.68.